The molecule has 0 radical (unpaired) electrons. The van der Waals surface area contributed by atoms with Gasteiger partial charge in [0.25, 0.3) is 0 Å². The summed E-state index contributed by atoms with van der Waals surface area (Å²) in [6, 6.07) is 15.7. The lowest BCUT2D eigenvalue weighted by Crippen LogP contribution is -2.29. The SMILES string of the molecule is Nc1cc(-c2cc(Cl)ccc2O)ccn1.Nc1cc(Cl)ccn1.OB(O)c1cc(Cl)ccc1O. The number of nitrogens with zero attached hydrogens (tertiary/aromatic N) is 2. The van der Waals surface area contributed by atoms with E-state index < -0.39 is 7.12 Å². The van der Waals surface area contributed by atoms with Crippen LogP contribution in [0.1, 0.15) is 0 Å². The molecule has 0 amide bonds. The van der Waals surface area contributed by atoms with Crippen LogP contribution < -0.4 is 16.9 Å². The summed E-state index contributed by atoms with van der Waals surface area (Å²) in [5.74, 6) is 0.860. The minimum Gasteiger partial charge on any atom is -0.508 e. The van der Waals surface area contributed by atoms with Crippen molar-refractivity contribution in [3.05, 3.63) is 88.1 Å². The van der Waals surface area contributed by atoms with Crippen LogP contribution in [0.2, 0.25) is 15.1 Å². The molecule has 0 bridgehead atoms. The van der Waals surface area contributed by atoms with Crippen LogP contribution in [0.5, 0.6) is 11.5 Å². The van der Waals surface area contributed by atoms with E-state index in [0.717, 1.165) is 5.56 Å². The smallest absolute Gasteiger partial charge is 0.492 e. The number of benzene rings is 2. The molecule has 4 rings (SSSR count). The highest BCUT2D eigenvalue weighted by atomic mass is 35.5. The van der Waals surface area contributed by atoms with Crippen LogP contribution in [-0.2, 0) is 0 Å². The number of rotatable bonds is 2. The van der Waals surface area contributed by atoms with Crippen LogP contribution in [-0.4, -0.2) is 37.3 Å². The summed E-state index contributed by atoms with van der Waals surface area (Å²) < 4.78 is 0. The number of halogens is 3. The molecule has 0 aliphatic rings. The van der Waals surface area contributed by atoms with Gasteiger partial charge in [-0.1, -0.05) is 34.8 Å². The Morgan fingerprint density at radius 3 is 1.68 bits per heavy atom. The van der Waals surface area contributed by atoms with Crippen molar-refractivity contribution in [3.8, 4) is 22.6 Å². The number of aromatic nitrogens is 2. The monoisotopic (exact) mass is 520 g/mol. The zero-order valence-electron chi connectivity index (χ0n) is 17.5. The number of phenols is 2. The molecule has 4 aromatic rings. The molecule has 2 heterocycles. The van der Waals surface area contributed by atoms with Gasteiger partial charge in [-0.25, -0.2) is 9.97 Å². The number of hydrogen-bond donors (Lipinski definition) is 6. The predicted molar refractivity (Wildman–Crippen MR) is 137 cm³/mol. The minimum absolute atomic E-state index is 0.0116. The van der Waals surface area contributed by atoms with Crippen molar-refractivity contribution in [2.24, 2.45) is 0 Å². The lowest BCUT2D eigenvalue weighted by molar-refractivity contribution is 0.419. The van der Waals surface area contributed by atoms with Gasteiger partial charge in [0.15, 0.2) is 0 Å². The zero-order chi connectivity index (χ0) is 25.3. The Morgan fingerprint density at radius 2 is 1.18 bits per heavy atom. The fourth-order valence-electron chi connectivity index (χ4n) is 2.51. The first-order valence-electron chi connectivity index (χ1n) is 9.48. The van der Waals surface area contributed by atoms with Gasteiger partial charge in [-0.05, 0) is 66.2 Å². The first-order chi connectivity index (χ1) is 16.1. The Labute approximate surface area is 211 Å². The van der Waals surface area contributed by atoms with Crippen molar-refractivity contribution < 1.29 is 20.3 Å². The van der Waals surface area contributed by atoms with Crippen LogP contribution >= 0.6 is 34.8 Å². The molecule has 12 heteroatoms. The summed E-state index contributed by atoms with van der Waals surface area (Å²) in [7, 11) is -1.69. The molecule has 0 saturated heterocycles. The molecule has 176 valence electrons. The summed E-state index contributed by atoms with van der Waals surface area (Å²) in [5.41, 5.74) is 12.3. The lowest BCUT2D eigenvalue weighted by Gasteiger charge is -2.05. The third-order valence-electron chi connectivity index (χ3n) is 4.06. The normalized spacial score (nSPS) is 9.79. The third-order valence-corrected chi connectivity index (χ3v) is 4.77. The second kappa shape index (κ2) is 12.9. The second-order valence-electron chi connectivity index (χ2n) is 6.61. The van der Waals surface area contributed by atoms with E-state index in [2.05, 4.69) is 9.97 Å². The van der Waals surface area contributed by atoms with Gasteiger partial charge < -0.3 is 31.7 Å². The molecule has 8 nitrogen and oxygen atoms in total. The van der Waals surface area contributed by atoms with Crippen LogP contribution in [0.3, 0.4) is 0 Å². The summed E-state index contributed by atoms with van der Waals surface area (Å²) in [6.45, 7) is 0. The highest BCUT2D eigenvalue weighted by molar-refractivity contribution is 6.60. The summed E-state index contributed by atoms with van der Waals surface area (Å²) in [6.07, 6.45) is 3.16. The van der Waals surface area contributed by atoms with Gasteiger partial charge in [0.2, 0.25) is 0 Å². The van der Waals surface area contributed by atoms with E-state index in [0.29, 0.717) is 32.3 Å². The van der Waals surface area contributed by atoms with Gasteiger partial charge in [0.05, 0.1) is 0 Å². The van der Waals surface area contributed by atoms with E-state index in [4.69, 9.17) is 61.4 Å². The standard InChI is InChI=1S/C11H9ClN2O.C6H6BClO3.C5H5ClN2/c12-8-1-2-10(15)9(6-8)7-3-4-14-11(13)5-7;8-4-1-2-6(9)5(3-4)7(10)11;6-4-1-2-8-5(7)3-4/h1-6,15H,(H2,13,14);1-3,9-11H;1-3H,(H2,7,8). The van der Waals surface area contributed by atoms with E-state index in [9.17, 15) is 5.11 Å². The highest BCUT2D eigenvalue weighted by Crippen LogP contribution is 2.31. The lowest BCUT2D eigenvalue weighted by atomic mass is 9.80. The van der Waals surface area contributed by atoms with Crippen molar-refractivity contribution in [1.82, 2.24) is 9.97 Å². The maximum Gasteiger partial charge on any atom is 0.492 e. The first kappa shape index (κ1) is 27.0. The van der Waals surface area contributed by atoms with Gasteiger partial charge in [-0.15, -0.1) is 0 Å². The third kappa shape index (κ3) is 8.62. The van der Waals surface area contributed by atoms with Crippen LogP contribution in [0, 0.1) is 0 Å². The van der Waals surface area contributed by atoms with Crippen LogP contribution in [0.15, 0.2) is 73.1 Å². The van der Waals surface area contributed by atoms with Gasteiger partial charge >= 0.3 is 7.12 Å². The molecule has 2 aromatic heterocycles. The Hall–Kier alpha value is -3.21. The number of anilines is 2. The molecule has 0 saturated carbocycles. The molecule has 0 atom stereocenters. The van der Waals surface area contributed by atoms with E-state index >= 15 is 0 Å². The van der Waals surface area contributed by atoms with E-state index in [1.165, 1.54) is 18.2 Å². The highest BCUT2D eigenvalue weighted by Gasteiger charge is 2.15. The van der Waals surface area contributed by atoms with E-state index in [1.807, 2.05) is 0 Å². The van der Waals surface area contributed by atoms with Gasteiger partial charge in [0.1, 0.15) is 23.1 Å². The van der Waals surface area contributed by atoms with Crippen molar-refractivity contribution in [2.45, 2.75) is 0 Å². The van der Waals surface area contributed by atoms with Gasteiger partial charge in [-0.2, -0.15) is 0 Å². The Kier molecular flexibility index (Phi) is 10.2. The molecule has 0 aliphatic carbocycles. The topological polar surface area (TPSA) is 159 Å². The summed E-state index contributed by atoms with van der Waals surface area (Å²) >= 11 is 16.9. The average molecular weight is 522 g/mol. The van der Waals surface area contributed by atoms with Crippen molar-refractivity contribution in [1.29, 1.82) is 0 Å². The quantitative estimate of drug-likeness (QED) is 0.218. The molecule has 0 fully saturated rings. The number of pyridine rings is 2. The molecular formula is C22H20BCl3N4O4. The van der Waals surface area contributed by atoms with Crippen LogP contribution in [0.4, 0.5) is 11.6 Å². The number of aromatic hydroxyl groups is 2. The molecule has 2 aromatic carbocycles. The molecule has 0 aliphatic heterocycles. The maximum absolute atomic E-state index is 9.66. The van der Waals surface area contributed by atoms with E-state index in [1.54, 1.807) is 54.9 Å². The van der Waals surface area contributed by atoms with Gasteiger partial charge in [0, 0.05) is 38.5 Å². The number of phenolic OH excluding ortho intramolecular Hbond substituents is 2. The molecular weight excluding hydrogens is 501 g/mol. The second-order valence-corrected chi connectivity index (χ2v) is 7.92. The predicted octanol–water partition coefficient (Wildman–Crippen LogP) is 3.73. The molecule has 0 spiro atoms. The largest absolute Gasteiger partial charge is 0.508 e. The van der Waals surface area contributed by atoms with E-state index in [-0.39, 0.29) is 17.0 Å². The fourth-order valence-corrected chi connectivity index (χ4v) is 3.03. The zero-order valence-corrected chi connectivity index (χ0v) is 19.7. The first-order valence-corrected chi connectivity index (χ1v) is 10.6. The summed E-state index contributed by atoms with van der Waals surface area (Å²) in [5, 5.41) is 37.6. The van der Waals surface area contributed by atoms with Crippen molar-refractivity contribution >= 4 is 59.0 Å². The number of nitrogens with two attached hydrogens (primary N) is 2. The minimum atomic E-state index is -1.69. The number of nitrogen functional groups attached to an aromatic ring is 2. The Morgan fingerprint density at radius 1 is 0.647 bits per heavy atom. The Balaban J connectivity index is 0.000000190. The maximum atomic E-state index is 9.66. The van der Waals surface area contributed by atoms with Crippen LogP contribution in [0.25, 0.3) is 11.1 Å². The molecule has 0 unspecified atom stereocenters. The Bertz CT molecular complexity index is 1230. The fraction of sp³-hybridized carbons (Fsp3) is 0. The van der Waals surface area contributed by atoms with Crippen molar-refractivity contribution in [2.75, 3.05) is 11.5 Å². The van der Waals surface area contributed by atoms with Crippen molar-refractivity contribution in [3.63, 3.8) is 0 Å². The average Bonchev–Trinajstić information content (AvgIpc) is 2.78. The molecule has 34 heavy (non-hydrogen) atoms. The van der Waals surface area contributed by atoms with Gasteiger partial charge in [-0.3, -0.25) is 0 Å². The summed E-state index contributed by atoms with van der Waals surface area (Å²) in [4.78, 5) is 7.61. The molecule has 8 N–H and O–H groups in total. The number of hydrogen-bond acceptors (Lipinski definition) is 8.